The molecule has 0 bridgehead atoms. The summed E-state index contributed by atoms with van der Waals surface area (Å²) in [5.74, 6) is 1.07. The average molecular weight is 543 g/mol. The zero-order valence-corrected chi connectivity index (χ0v) is 23.1. The highest BCUT2D eigenvalue weighted by Gasteiger charge is 2.23. The molecule has 1 saturated heterocycles. The van der Waals surface area contributed by atoms with Gasteiger partial charge in [0.25, 0.3) is 0 Å². The van der Waals surface area contributed by atoms with Crippen molar-refractivity contribution in [1.29, 1.82) is 0 Å². The van der Waals surface area contributed by atoms with Gasteiger partial charge in [0.1, 0.15) is 0 Å². The first-order valence-corrected chi connectivity index (χ1v) is 12.9. The van der Waals surface area contributed by atoms with Crippen LogP contribution in [0.4, 0.5) is 17.3 Å². The van der Waals surface area contributed by atoms with Gasteiger partial charge in [0, 0.05) is 48.3 Å². The van der Waals surface area contributed by atoms with Crippen LogP contribution in [0.15, 0.2) is 47.5 Å². The zero-order valence-electron chi connectivity index (χ0n) is 20.8. The van der Waals surface area contributed by atoms with Gasteiger partial charge in [0.15, 0.2) is 0 Å². The third-order valence-corrected chi connectivity index (χ3v) is 6.61. The van der Waals surface area contributed by atoms with Gasteiger partial charge in [-0.05, 0) is 81.4 Å². The van der Waals surface area contributed by atoms with Crippen LogP contribution in [0.3, 0.4) is 0 Å². The van der Waals surface area contributed by atoms with Crippen molar-refractivity contribution in [3.05, 3.63) is 75.0 Å². The molecule has 2 N–H and O–H groups in total. The largest absolute Gasteiger partial charge is 0.368 e. The molecular formula is C26H29Cl2N7S. The first kappa shape index (κ1) is 26.1. The number of hydrogen-bond donors (Lipinski definition) is 2. The van der Waals surface area contributed by atoms with Crippen LogP contribution in [0.25, 0.3) is 0 Å². The first-order valence-electron chi connectivity index (χ1n) is 11.7. The molecule has 1 fully saturated rings. The predicted octanol–water partition coefficient (Wildman–Crippen LogP) is 6.00. The number of nitrogens with one attached hydrogen (secondary N) is 2. The SMILES string of the molecule is Cc1ccc(NC(=S)/N=C(/Nc2nc(C)cc(C)n2)N2CCN(c3cc(Cl)ccc3C)CC2)c(Cl)c1. The molecule has 2 aromatic carbocycles. The van der Waals surface area contributed by atoms with E-state index in [0.29, 0.717) is 27.7 Å². The molecule has 10 heteroatoms. The average Bonchev–Trinajstić information content (AvgIpc) is 2.81. The molecule has 1 aliphatic rings. The van der Waals surface area contributed by atoms with E-state index in [-0.39, 0.29) is 0 Å². The molecule has 2 heterocycles. The number of rotatable bonds is 3. The van der Waals surface area contributed by atoms with E-state index in [1.54, 1.807) is 0 Å². The first-order chi connectivity index (χ1) is 17.2. The highest BCUT2D eigenvalue weighted by molar-refractivity contribution is 7.80. The molecule has 0 atom stereocenters. The monoisotopic (exact) mass is 541 g/mol. The Hall–Kier alpha value is -2.94. The fourth-order valence-electron chi connectivity index (χ4n) is 4.10. The summed E-state index contributed by atoms with van der Waals surface area (Å²) in [5, 5.41) is 8.06. The quantitative estimate of drug-likeness (QED) is 0.239. The van der Waals surface area contributed by atoms with Crippen molar-refractivity contribution in [3.8, 4) is 0 Å². The standard InChI is InChI=1S/C26H29Cl2N7S/c1-16-5-8-22(21(28)13-16)31-26(36)33-25(32-24-29-18(3)14-19(4)30-24)35-11-9-34(10-12-35)23-15-20(27)7-6-17(23)2/h5-8,13-15H,9-12H2,1-4H3,(H2,29,30,31,32,33,36). The second-order valence-electron chi connectivity index (χ2n) is 8.85. The molecule has 4 rings (SSSR count). The minimum atomic E-state index is 0.292. The number of thiocarbonyl (C=S) groups is 1. The number of aryl methyl sites for hydroxylation is 4. The fraction of sp³-hybridized carbons (Fsp3) is 0.308. The van der Waals surface area contributed by atoms with Crippen molar-refractivity contribution in [1.82, 2.24) is 14.9 Å². The van der Waals surface area contributed by atoms with Crippen molar-refractivity contribution in [2.24, 2.45) is 4.99 Å². The van der Waals surface area contributed by atoms with Crippen LogP contribution in [0, 0.1) is 27.7 Å². The third kappa shape index (κ3) is 6.63. The van der Waals surface area contributed by atoms with Gasteiger partial charge in [-0.15, -0.1) is 0 Å². The maximum atomic E-state index is 6.39. The molecule has 188 valence electrons. The van der Waals surface area contributed by atoms with Crippen molar-refractivity contribution in [3.63, 3.8) is 0 Å². The van der Waals surface area contributed by atoms with Crippen molar-refractivity contribution >= 4 is 63.8 Å². The Morgan fingerprint density at radius 1 is 0.889 bits per heavy atom. The number of guanidine groups is 1. The molecule has 0 aliphatic carbocycles. The summed E-state index contributed by atoms with van der Waals surface area (Å²) in [4.78, 5) is 18.3. The summed E-state index contributed by atoms with van der Waals surface area (Å²) in [6.45, 7) is 11.0. The van der Waals surface area contributed by atoms with E-state index in [1.807, 2.05) is 57.2 Å². The Morgan fingerprint density at radius 3 is 2.25 bits per heavy atom. The Bertz CT molecular complexity index is 1280. The van der Waals surface area contributed by atoms with Crippen molar-refractivity contribution in [2.75, 3.05) is 41.7 Å². The lowest BCUT2D eigenvalue weighted by atomic mass is 10.1. The maximum absolute atomic E-state index is 6.39. The van der Waals surface area contributed by atoms with Crippen LogP contribution in [-0.2, 0) is 0 Å². The summed E-state index contributed by atoms with van der Waals surface area (Å²) in [6, 6.07) is 13.7. The van der Waals surface area contributed by atoms with E-state index in [2.05, 4.69) is 43.4 Å². The van der Waals surface area contributed by atoms with Gasteiger partial charge in [-0.25, -0.2) is 9.97 Å². The highest BCUT2D eigenvalue weighted by Crippen LogP contribution is 2.26. The van der Waals surface area contributed by atoms with Crippen LogP contribution < -0.4 is 15.5 Å². The number of aromatic nitrogens is 2. The van der Waals surface area contributed by atoms with Gasteiger partial charge in [0.2, 0.25) is 17.0 Å². The molecule has 3 aromatic rings. The molecule has 1 aromatic heterocycles. The van der Waals surface area contributed by atoms with Gasteiger partial charge in [0.05, 0.1) is 10.7 Å². The lowest BCUT2D eigenvalue weighted by molar-refractivity contribution is 0.385. The molecule has 0 spiro atoms. The smallest absolute Gasteiger partial charge is 0.229 e. The minimum Gasteiger partial charge on any atom is -0.368 e. The Kier molecular flexibility index (Phi) is 8.28. The number of hydrogen-bond acceptors (Lipinski definition) is 4. The van der Waals surface area contributed by atoms with E-state index in [4.69, 9.17) is 40.4 Å². The molecule has 36 heavy (non-hydrogen) atoms. The maximum Gasteiger partial charge on any atom is 0.229 e. The van der Waals surface area contributed by atoms with Crippen LogP contribution >= 0.6 is 35.4 Å². The molecule has 0 radical (unpaired) electrons. The van der Waals surface area contributed by atoms with Crippen LogP contribution in [0.2, 0.25) is 10.0 Å². The molecule has 0 amide bonds. The number of benzene rings is 2. The van der Waals surface area contributed by atoms with E-state index in [0.717, 1.165) is 53.8 Å². The second-order valence-corrected chi connectivity index (χ2v) is 10.1. The summed E-state index contributed by atoms with van der Waals surface area (Å²) in [7, 11) is 0. The molecule has 1 aliphatic heterocycles. The van der Waals surface area contributed by atoms with Crippen LogP contribution in [0.5, 0.6) is 0 Å². The predicted molar refractivity (Wildman–Crippen MR) is 155 cm³/mol. The van der Waals surface area contributed by atoms with E-state index in [1.165, 1.54) is 5.56 Å². The number of nitrogens with zero attached hydrogens (tertiary/aromatic N) is 5. The van der Waals surface area contributed by atoms with E-state index < -0.39 is 0 Å². The van der Waals surface area contributed by atoms with Gasteiger partial charge < -0.3 is 15.1 Å². The van der Waals surface area contributed by atoms with Gasteiger partial charge in [-0.3, -0.25) is 5.32 Å². The molecule has 0 unspecified atom stereocenters. The van der Waals surface area contributed by atoms with Gasteiger partial charge >= 0.3 is 0 Å². The molecule has 0 saturated carbocycles. The van der Waals surface area contributed by atoms with E-state index >= 15 is 0 Å². The zero-order chi connectivity index (χ0) is 25.8. The lowest BCUT2D eigenvalue weighted by Crippen LogP contribution is -2.51. The lowest BCUT2D eigenvalue weighted by Gasteiger charge is -2.38. The number of halogens is 2. The number of anilines is 3. The Labute approximate surface area is 227 Å². The fourth-order valence-corrected chi connectivity index (χ4v) is 4.75. The van der Waals surface area contributed by atoms with E-state index in [9.17, 15) is 0 Å². The normalized spacial score (nSPS) is 14.1. The van der Waals surface area contributed by atoms with Crippen molar-refractivity contribution < 1.29 is 0 Å². The number of piperazine rings is 1. The van der Waals surface area contributed by atoms with Crippen molar-refractivity contribution in [2.45, 2.75) is 27.7 Å². The Morgan fingerprint density at radius 2 is 1.58 bits per heavy atom. The minimum absolute atomic E-state index is 0.292. The third-order valence-electron chi connectivity index (χ3n) is 5.87. The summed E-state index contributed by atoms with van der Waals surface area (Å²) >= 11 is 18.2. The topological polar surface area (TPSA) is 68.7 Å². The van der Waals surface area contributed by atoms with Gasteiger partial charge in [-0.1, -0.05) is 35.3 Å². The summed E-state index contributed by atoms with van der Waals surface area (Å²) in [5.41, 5.74) is 5.87. The summed E-state index contributed by atoms with van der Waals surface area (Å²) < 4.78 is 0. The van der Waals surface area contributed by atoms with Crippen LogP contribution in [-0.4, -0.2) is 52.1 Å². The molecular weight excluding hydrogens is 513 g/mol. The molecule has 7 nitrogen and oxygen atoms in total. The van der Waals surface area contributed by atoms with Gasteiger partial charge in [-0.2, -0.15) is 4.99 Å². The highest BCUT2D eigenvalue weighted by atomic mass is 35.5. The number of aliphatic imine (C=N–C) groups is 1. The second kappa shape index (κ2) is 11.4. The van der Waals surface area contributed by atoms with Crippen LogP contribution in [0.1, 0.15) is 22.5 Å². The summed E-state index contributed by atoms with van der Waals surface area (Å²) in [6.07, 6.45) is 0. The Balaban J connectivity index is 1.56.